The van der Waals surface area contributed by atoms with Crippen molar-refractivity contribution in [1.29, 1.82) is 0 Å². The molecule has 1 aliphatic heterocycles. The lowest BCUT2D eigenvalue weighted by molar-refractivity contribution is 0.00578. The molecule has 0 spiro atoms. The van der Waals surface area contributed by atoms with Gasteiger partial charge >= 0.3 is 7.12 Å². The SMILES string of the molecule is CC1(C)OB(/C=C/c2c[nH]c(=O)c(Cl)c2)OC1(C)C. The van der Waals surface area contributed by atoms with Crippen LogP contribution in [0.2, 0.25) is 5.02 Å². The molecule has 1 N–H and O–H groups in total. The van der Waals surface area contributed by atoms with Crippen LogP contribution < -0.4 is 5.56 Å². The molecule has 6 heteroatoms. The Bertz CT molecular complexity index is 549. The number of rotatable bonds is 2. The number of aromatic amines is 1. The van der Waals surface area contributed by atoms with E-state index in [9.17, 15) is 4.79 Å². The Hall–Kier alpha value is -1.04. The van der Waals surface area contributed by atoms with Crippen molar-refractivity contribution in [3.63, 3.8) is 0 Å². The van der Waals surface area contributed by atoms with Gasteiger partial charge in [-0.3, -0.25) is 4.79 Å². The molecule has 0 amide bonds. The van der Waals surface area contributed by atoms with Gasteiger partial charge in [0, 0.05) is 6.20 Å². The maximum Gasteiger partial charge on any atom is 0.487 e. The Morgan fingerprint density at radius 2 is 1.84 bits per heavy atom. The number of nitrogens with one attached hydrogen (secondary N) is 1. The average Bonchev–Trinajstić information content (AvgIpc) is 2.49. The average molecular weight is 282 g/mol. The van der Waals surface area contributed by atoms with E-state index >= 15 is 0 Å². The number of H-pyrrole nitrogens is 1. The highest BCUT2D eigenvalue weighted by Gasteiger charge is 2.49. The fraction of sp³-hybridized carbons (Fsp3) is 0.462. The van der Waals surface area contributed by atoms with Crippen LogP contribution in [0.15, 0.2) is 23.0 Å². The molecular weight excluding hydrogens is 264 g/mol. The monoisotopic (exact) mass is 281 g/mol. The first-order chi connectivity index (χ1) is 8.71. The van der Waals surface area contributed by atoms with Crippen LogP contribution in [0.1, 0.15) is 33.3 Å². The summed E-state index contributed by atoms with van der Waals surface area (Å²) < 4.78 is 11.7. The topological polar surface area (TPSA) is 51.3 Å². The smallest absolute Gasteiger partial charge is 0.400 e. The highest BCUT2D eigenvalue weighted by Crippen LogP contribution is 2.36. The van der Waals surface area contributed by atoms with Gasteiger partial charge in [0.15, 0.2) is 0 Å². The Morgan fingerprint density at radius 1 is 1.26 bits per heavy atom. The van der Waals surface area contributed by atoms with Crippen LogP contribution in [0.5, 0.6) is 0 Å². The lowest BCUT2D eigenvalue weighted by atomic mass is 9.89. The molecule has 102 valence electrons. The first kappa shape index (κ1) is 14.4. The molecule has 4 nitrogen and oxygen atoms in total. The first-order valence-corrected chi connectivity index (χ1v) is 6.51. The summed E-state index contributed by atoms with van der Waals surface area (Å²) in [5, 5.41) is 0.163. The van der Waals surface area contributed by atoms with Crippen LogP contribution in [0.3, 0.4) is 0 Å². The molecular formula is C13H17BClNO3. The lowest BCUT2D eigenvalue weighted by Crippen LogP contribution is -2.41. The molecule has 0 aromatic carbocycles. The number of aromatic nitrogens is 1. The minimum absolute atomic E-state index is 0.163. The Morgan fingerprint density at radius 3 is 2.37 bits per heavy atom. The van der Waals surface area contributed by atoms with E-state index < -0.39 is 7.12 Å². The van der Waals surface area contributed by atoms with Gasteiger partial charge in [-0.25, -0.2) is 0 Å². The zero-order valence-electron chi connectivity index (χ0n) is 11.5. The summed E-state index contributed by atoms with van der Waals surface area (Å²) in [5.41, 5.74) is -0.219. The maximum absolute atomic E-state index is 11.1. The fourth-order valence-electron chi connectivity index (χ4n) is 1.72. The molecule has 0 radical (unpaired) electrons. The molecule has 1 aromatic rings. The van der Waals surface area contributed by atoms with Crippen LogP contribution in [-0.2, 0) is 9.31 Å². The Kier molecular flexibility index (Phi) is 3.64. The van der Waals surface area contributed by atoms with E-state index in [-0.39, 0.29) is 21.8 Å². The largest absolute Gasteiger partial charge is 0.487 e. The summed E-state index contributed by atoms with van der Waals surface area (Å²) in [6.45, 7) is 7.99. The Balaban J connectivity index is 2.12. The predicted octanol–water partition coefficient (Wildman–Crippen LogP) is 2.67. The molecule has 1 fully saturated rings. The van der Waals surface area contributed by atoms with Crippen LogP contribution in [0, 0.1) is 0 Å². The normalized spacial score (nSPS) is 21.2. The maximum atomic E-state index is 11.1. The third kappa shape index (κ3) is 2.94. The number of pyridine rings is 1. The van der Waals surface area contributed by atoms with Crippen molar-refractivity contribution in [2.24, 2.45) is 0 Å². The second-order valence-corrected chi connectivity index (χ2v) is 6.00. The van der Waals surface area contributed by atoms with Gasteiger partial charge in [0.25, 0.3) is 5.56 Å². The zero-order valence-corrected chi connectivity index (χ0v) is 12.2. The number of halogens is 1. The Labute approximate surface area is 117 Å². The van der Waals surface area contributed by atoms with E-state index in [1.807, 2.05) is 33.8 Å². The highest BCUT2D eigenvalue weighted by atomic mass is 35.5. The van der Waals surface area contributed by atoms with Gasteiger partial charge in [-0.05, 0) is 39.3 Å². The third-order valence-electron chi connectivity index (χ3n) is 3.60. The van der Waals surface area contributed by atoms with Crippen molar-refractivity contribution in [3.05, 3.63) is 39.2 Å². The number of hydrogen-bond donors (Lipinski definition) is 1. The standard InChI is InChI=1S/C13H17BClNO3/c1-12(2)13(3,4)19-14(18-12)6-5-9-7-10(15)11(17)16-8-9/h5-8H,1-4H3,(H,16,17)/b6-5+. The lowest BCUT2D eigenvalue weighted by Gasteiger charge is -2.32. The minimum Gasteiger partial charge on any atom is -0.400 e. The van der Waals surface area contributed by atoms with Crippen molar-refractivity contribution < 1.29 is 9.31 Å². The molecule has 2 heterocycles. The predicted molar refractivity (Wildman–Crippen MR) is 77.2 cm³/mol. The van der Waals surface area contributed by atoms with E-state index in [4.69, 9.17) is 20.9 Å². The molecule has 0 aliphatic carbocycles. The van der Waals surface area contributed by atoms with E-state index in [2.05, 4.69) is 4.98 Å². The second-order valence-electron chi connectivity index (χ2n) is 5.59. The van der Waals surface area contributed by atoms with Gasteiger partial charge in [-0.1, -0.05) is 23.7 Å². The molecule has 1 aliphatic rings. The molecule has 0 unspecified atom stereocenters. The van der Waals surface area contributed by atoms with Crippen molar-refractivity contribution in [2.75, 3.05) is 0 Å². The first-order valence-electron chi connectivity index (χ1n) is 6.13. The van der Waals surface area contributed by atoms with E-state index in [1.165, 1.54) is 0 Å². The molecule has 0 atom stereocenters. The summed E-state index contributed by atoms with van der Waals surface area (Å²) in [6.07, 6.45) is 3.40. The summed E-state index contributed by atoms with van der Waals surface area (Å²) in [5.74, 6) is 1.81. The van der Waals surface area contributed by atoms with Gasteiger partial charge in [0.2, 0.25) is 0 Å². The molecule has 1 saturated heterocycles. The fourth-order valence-corrected chi connectivity index (χ4v) is 1.91. The van der Waals surface area contributed by atoms with Gasteiger partial charge < -0.3 is 14.3 Å². The summed E-state index contributed by atoms with van der Waals surface area (Å²) in [7, 11) is -0.407. The summed E-state index contributed by atoms with van der Waals surface area (Å²) in [6, 6.07) is 1.60. The molecule has 0 bridgehead atoms. The van der Waals surface area contributed by atoms with Gasteiger partial charge in [-0.2, -0.15) is 0 Å². The minimum atomic E-state index is -0.407. The van der Waals surface area contributed by atoms with Crippen LogP contribution in [0.25, 0.3) is 6.08 Å². The van der Waals surface area contributed by atoms with Crippen LogP contribution in [-0.4, -0.2) is 23.3 Å². The molecule has 19 heavy (non-hydrogen) atoms. The van der Waals surface area contributed by atoms with Gasteiger partial charge in [0.05, 0.1) is 11.2 Å². The van der Waals surface area contributed by atoms with E-state index in [0.717, 1.165) is 5.56 Å². The van der Waals surface area contributed by atoms with Crippen LogP contribution >= 0.6 is 11.6 Å². The highest BCUT2D eigenvalue weighted by molar-refractivity contribution is 6.52. The second kappa shape index (κ2) is 4.82. The van der Waals surface area contributed by atoms with Crippen molar-refractivity contribution in [2.45, 2.75) is 38.9 Å². The van der Waals surface area contributed by atoms with Crippen molar-refractivity contribution in [3.8, 4) is 0 Å². The summed E-state index contributed by atoms with van der Waals surface area (Å²) >= 11 is 5.76. The van der Waals surface area contributed by atoms with Gasteiger partial charge in [0.1, 0.15) is 5.02 Å². The quantitative estimate of drug-likeness (QED) is 0.848. The molecule has 1 aromatic heterocycles. The number of hydrogen-bond acceptors (Lipinski definition) is 3. The van der Waals surface area contributed by atoms with Crippen molar-refractivity contribution >= 4 is 24.8 Å². The van der Waals surface area contributed by atoms with E-state index in [1.54, 1.807) is 18.2 Å². The van der Waals surface area contributed by atoms with Crippen molar-refractivity contribution in [1.82, 2.24) is 4.98 Å². The molecule has 0 saturated carbocycles. The third-order valence-corrected chi connectivity index (χ3v) is 3.88. The summed E-state index contributed by atoms with van der Waals surface area (Å²) in [4.78, 5) is 13.7. The zero-order chi connectivity index (χ0) is 14.3. The van der Waals surface area contributed by atoms with Crippen LogP contribution in [0.4, 0.5) is 0 Å². The molecule has 2 rings (SSSR count). The van der Waals surface area contributed by atoms with Gasteiger partial charge in [-0.15, -0.1) is 0 Å². The van der Waals surface area contributed by atoms with E-state index in [0.29, 0.717) is 0 Å².